The molecule has 0 aliphatic carbocycles. The van der Waals surface area contributed by atoms with E-state index in [1.54, 1.807) is 42.5 Å². The molecular formula is C36H38BrCl2N3O5S. The van der Waals surface area contributed by atoms with E-state index in [0.29, 0.717) is 32.4 Å². The zero-order valence-corrected chi connectivity index (χ0v) is 30.9. The molecule has 4 aromatic rings. The van der Waals surface area contributed by atoms with Crippen molar-refractivity contribution < 1.29 is 22.7 Å². The van der Waals surface area contributed by atoms with E-state index in [1.807, 2.05) is 44.2 Å². The van der Waals surface area contributed by atoms with Gasteiger partial charge in [-0.3, -0.25) is 13.9 Å². The third kappa shape index (κ3) is 9.31. The Morgan fingerprint density at radius 3 is 2.21 bits per heavy atom. The van der Waals surface area contributed by atoms with Crippen LogP contribution in [0.5, 0.6) is 5.75 Å². The molecule has 1 N–H and O–H groups in total. The number of rotatable bonds is 15. The predicted octanol–water partition coefficient (Wildman–Crippen LogP) is 7.82. The highest BCUT2D eigenvalue weighted by molar-refractivity contribution is 9.10. The maximum Gasteiger partial charge on any atom is 0.264 e. The van der Waals surface area contributed by atoms with Crippen LogP contribution in [0.2, 0.25) is 10.0 Å². The van der Waals surface area contributed by atoms with Crippen molar-refractivity contribution in [1.29, 1.82) is 0 Å². The van der Waals surface area contributed by atoms with Crippen molar-refractivity contribution in [3.63, 3.8) is 0 Å². The van der Waals surface area contributed by atoms with Crippen molar-refractivity contribution in [2.45, 2.75) is 50.6 Å². The van der Waals surface area contributed by atoms with E-state index < -0.39 is 28.5 Å². The smallest absolute Gasteiger partial charge is 0.264 e. The first-order valence-corrected chi connectivity index (χ1v) is 18.4. The summed E-state index contributed by atoms with van der Waals surface area (Å²) < 4.78 is 35.5. The number of nitrogens with zero attached hydrogens (tertiary/aromatic N) is 2. The molecular weight excluding hydrogens is 737 g/mol. The SMILES string of the molecule is CCCCNC(=O)C(Cc1ccccc1)N(Cc1c(Cl)cccc1Cl)C(=O)CN(c1ccc(C)cc1)S(=O)(=O)c1ccc(OC)c(Br)c1. The van der Waals surface area contributed by atoms with Gasteiger partial charge in [-0.2, -0.15) is 0 Å². The lowest BCUT2D eigenvalue weighted by Crippen LogP contribution is -2.53. The number of anilines is 1. The summed E-state index contributed by atoms with van der Waals surface area (Å²) in [5.41, 5.74) is 2.46. The van der Waals surface area contributed by atoms with Gasteiger partial charge in [0.2, 0.25) is 11.8 Å². The number of carbonyl (C=O) groups excluding carboxylic acids is 2. The van der Waals surface area contributed by atoms with E-state index in [4.69, 9.17) is 27.9 Å². The van der Waals surface area contributed by atoms with Crippen LogP contribution in [-0.2, 0) is 32.6 Å². The summed E-state index contributed by atoms with van der Waals surface area (Å²) in [4.78, 5) is 29.9. The van der Waals surface area contributed by atoms with Crippen molar-refractivity contribution in [1.82, 2.24) is 10.2 Å². The molecule has 8 nitrogen and oxygen atoms in total. The normalized spacial score (nSPS) is 11.9. The highest BCUT2D eigenvalue weighted by atomic mass is 79.9. The molecule has 48 heavy (non-hydrogen) atoms. The minimum Gasteiger partial charge on any atom is -0.496 e. The summed E-state index contributed by atoms with van der Waals surface area (Å²) >= 11 is 16.6. The zero-order chi connectivity index (χ0) is 34.8. The summed E-state index contributed by atoms with van der Waals surface area (Å²) in [6.45, 7) is 3.58. The number of sulfonamides is 1. The monoisotopic (exact) mass is 773 g/mol. The number of benzene rings is 4. The van der Waals surface area contributed by atoms with Crippen LogP contribution in [0.25, 0.3) is 0 Å². The van der Waals surface area contributed by atoms with Crippen LogP contribution >= 0.6 is 39.1 Å². The fourth-order valence-electron chi connectivity index (χ4n) is 5.09. The fraction of sp³-hybridized carbons (Fsp3) is 0.278. The first-order valence-electron chi connectivity index (χ1n) is 15.4. The maximum absolute atomic E-state index is 14.7. The highest BCUT2D eigenvalue weighted by Crippen LogP contribution is 2.32. The van der Waals surface area contributed by atoms with Crippen LogP contribution in [0, 0.1) is 6.92 Å². The third-order valence-corrected chi connectivity index (χ3v) is 10.9. The van der Waals surface area contributed by atoms with Crippen molar-refractivity contribution in [2.24, 2.45) is 0 Å². The molecule has 254 valence electrons. The van der Waals surface area contributed by atoms with E-state index in [9.17, 15) is 18.0 Å². The number of halogens is 3. The Hall–Kier alpha value is -3.57. The van der Waals surface area contributed by atoms with Crippen LogP contribution in [0.4, 0.5) is 5.69 Å². The molecule has 0 aromatic heterocycles. The molecule has 0 aliphatic heterocycles. The Morgan fingerprint density at radius 1 is 0.938 bits per heavy atom. The summed E-state index contributed by atoms with van der Waals surface area (Å²) in [6, 6.07) is 24.6. The van der Waals surface area contributed by atoms with Gasteiger partial charge in [0, 0.05) is 35.1 Å². The van der Waals surface area contributed by atoms with Gasteiger partial charge in [0.1, 0.15) is 18.3 Å². The fourth-order valence-corrected chi connectivity index (χ4v) is 7.74. The van der Waals surface area contributed by atoms with Gasteiger partial charge in [-0.25, -0.2) is 8.42 Å². The van der Waals surface area contributed by atoms with Gasteiger partial charge in [-0.1, -0.05) is 90.6 Å². The number of hydrogen-bond acceptors (Lipinski definition) is 5. The molecule has 0 bridgehead atoms. The van der Waals surface area contributed by atoms with E-state index in [-0.39, 0.29) is 29.5 Å². The molecule has 0 fully saturated rings. The number of nitrogens with one attached hydrogen (secondary N) is 1. The number of carbonyl (C=O) groups is 2. The molecule has 0 saturated carbocycles. The van der Waals surface area contributed by atoms with Crippen LogP contribution < -0.4 is 14.4 Å². The minimum atomic E-state index is -4.31. The van der Waals surface area contributed by atoms with Crippen LogP contribution in [0.3, 0.4) is 0 Å². The summed E-state index contributed by atoms with van der Waals surface area (Å²) in [6.07, 6.45) is 1.80. The van der Waals surface area contributed by atoms with E-state index in [1.165, 1.54) is 30.2 Å². The van der Waals surface area contributed by atoms with Gasteiger partial charge < -0.3 is 15.0 Å². The second kappa shape index (κ2) is 17.2. The summed E-state index contributed by atoms with van der Waals surface area (Å²) in [5.74, 6) is -0.533. The first kappa shape index (κ1) is 37.3. The average Bonchev–Trinajstić information content (AvgIpc) is 3.07. The Kier molecular flexibility index (Phi) is 13.3. The Labute approximate surface area is 301 Å². The lowest BCUT2D eigenvalue weighted by atomic mass is 10.0. The lowest BCUT2D eigenvalue weighted by Gasteiger charge is -2.34. The largest absolute Gasteiger partial charge is 0.496 e. The topological polar surface area (TPSA) is 96.0 Å². The number of methoxy groups -OCH3 is 1. The van der Waals surface area contributed by atoms with Crippen LogP contribution in [-0.4, -0.2) is 51.4 Å². The second-order valence-electron chi connectivity index (χ2n) is 11.2. The molecule has 4 aromatic carbocycles. The highest BCUT2D eigenvalue weighted by Gasteiger charge is 2.35. The zero-order valence-electron chi connectivity index (χ0n) is 27.0. The molecule has 0 aliphatic rings. The van der Waals surface area contributed by atoms with E-state index in [0.717, 1.165) is 28.3 Å². The number of ether oxygens (including phenoxy) is 1. The minimum absolute atomic E-state index is 0.0533. The van der Waals surface area contributed by atoms with Gasteiger partial charge in [0.05, 0.1) is 22.2 Å². The van der Waals surface area contributed by atoms with Crippen molar-refractivity contribution in [3.8, 4) is 5.75 Å². The lowest BCUT2D eigenvalue weighted by molar-refractivity contribution is -0.140. The maximum atomic E-state index is 14.7. The predicted molar refractivity (Wildman–Crippen MR) is 195 cm³/mol. The molecule has 1 atom stereocenters. The van der Waals surface area contributed by atoms with Crippen molar-refractivity contribution >= 4 is 66.7 Å². The first-order chi connectivity index (χ1) is 23.0. The van der Waals surface area contributed by atoms with Crippen LogP contribution in [0.15, 0.2) is 100 Å². The Balaban J connectivity index is 1.83. The van der Waals surface area contributed by atoms with Crippen molar-refractivity contribution in [3.05, 3.63) is 122 Å². The van der Waals surface area contributed by atoms with Crippen molar-refractivity contribution in [2.75, 3.05) is 24.5 Å². The molecule has 2 amide bonds. The molecule has 0 saturated heterocycles. The number of aryl methyl sites for hydroxylation is 1. The molecule has 4 rings (SSSR count). The quantitative estimate of drug-likeness (QED) is 0.124. The summed E-state index contributed by atoms with van der Waals surface area (Å²) in [5, 5.41) is 3.60. The second-order valence-corrected chi connectivity index (χ2v) is 14.7. The van der Waals surface area contributed by atoms with Gasteiger partial charge in [-0.05, 0) is 77.3 Å². The average molecular weight is 776 g/mol. The van der Waals surface area contributed by atoms with E-state index >= 15 is 0 Å². The standard InChI is InChI=1S/C36H38BrCl2N3O5S/c1-4-5-20-40-36(44)33(21-26-10-7-6-8-11-26)41(23-29-31(38)12-9-13-32(29)39)35(43)24-42(27-16-14-25(2)15-17-27)48(45,46)28-18-19-34(47-3)30(37)22-28/h6-19,22,33H,4-5,20-21,23-24H2,1-3H3,(H,40,44). The molecule has 12 heteroatoms. The number of unbranched alkanes of at least 4 members (excludes halogenated alkanes) is 1. The van der Waals surface area contributed by atoms with E-state index in [2.05, 4.69) is 21.2 Å². The number of amides is 2. The molecule has 0 spiro atoms. The molecule has 1 unspecified atom stereocenters. The van der Waals surface area contributed by atoms with Gasteiger partial charge in [0.15, 0.2) is 0 Å². The Bertz CT molecular complexity index is 1810. The van der Waals surface area contributed by atoms with Gasteiger partial charge >= 0.3 is 0 Å². The van der Waals surface area contributed by atoms with Crippen LogP contribution in [0.1, 0.15) is 36.5 Å². The molecule has 0 radical (unpaired) electrons. The van der Waals surface area contributed by atoms with Gasteiger partial charge in [0.25, 0.3) is 10.0 Å². The Morgan fingerprint density at radius 2 is 1.60 bits per heavy atom. The van der Waals surface area contributed by atoms with Gasteiger partial charge in [-0.15, -0.1) is 0 Å². The third-order valence-electron chi connectivity index (χ3n) is 7.80. The molecule has 0 heterocycles. The number of hydrogen-bond donors (Lipinski definition) is 1. The summed E-state index contributed by atoms with van der Waals surface area (Å²) in [7, 11) is -2.83.